The van der Waals surface area contributed by atoms with Gasteiger partial charge in [-0.25, -0.2) is 4.98 Å². The molecule has 2 aliphatic heterocycles. The summed E-state index contributed by atoms with van der Waals surface area (Å²) in [6.45, 7) is 1.55. The number of nitrogens with zero attached hydrogens (tertiary/aromatic N) is 2. The van der Waals surface area contributed by atoms with Gasteiger partial charge < -0.3 is 14.4 Å². The molecule has 1 saturated heterocycles. The molecule has 21 heavy (non-hydrogen) atoms. The zero-order chi connectivity index (χ0) is 14.2. The van der Waals surface area contributed by atoms with Gasteiger partial charge in [-0.2, -0.15) is 0 Å². The van der Waals surface area contributed by atoms with Crippen molar-refractivity contribution in [2.24, 2.45) is 5.92 Å². The van der Waals surface area contributed by atoms with Crippen molar-refractivity contribution in [2.45, 2.75) is 31.4 Å². The molecule has 1 fully saturated rings. The largest absolute Gasteiger partial charge is 0.393 e. The molecule has 1 N–H and O–H groups in total. The molecule has 0 aliphatic carbocycles. The van der Waals surface area contributed by atoms with E-state index in [-0.39, 0.29) is 12.1 Å². The first kappa shape index (κ1) is 13.0. The Kier molecular flexibility index (Phi) is 3.28. The van der Waals surface area contributed by atoms with E-state index in [4.69, 9.17) is 4.74 Å². The number of benzene rings is 1. The Morgan fingerprint density at radius 2 is 2.10 bits per heavy atom. The third-order valence-corrected chi connectivity index (χ3v) is 4.87. The van der Waals surface area contributed by atoms with Crippen LogP contribution in [0.3, 0.4) is 0 Å². The summed E-state index contributed by atoms with van der Waals surface area (Å²) in [5.41, 5.74) is 3.72. The fourth-order valence-electron chi connectivity index (χ4n) is 3.69. The molecule has 0 radical (unpaired) electrons. The number of hydrogen-bond acceptors (Lipinski definition) is 3. The maximum absolute atomic E-state index is 10.6. The molecule has 1 aromatic heterocycles. The molecule has 4 rings (SSSR count). The highest BCUT2D eigenvalue weighted by Crippen LogP contribution is 2.42. The summed E-state index contributed by atoms with van der Waals surface area (Å²) in [6, 6.07) is 8.66. The van der Waals surface area contributed by atoms with Crippen molar-refractivity contribution in [3.8, 4) is 11.3 Å². The normalized spacial score (nSPS) is 22.8. The zero-order valence-electron chi connectivity index (χ0n) is 12.0. The molecule has 4 nitrogen and oxygen atoms in total. The average molecular weight is 284 g/mol. The minimum Gasteiger partial charge on any atom is -0.393 e. The second-order valence-corrected chi connectivity index (χ2v) is 6.04. The van der Waals surface area contributed by atoms with Gasteiger partial charge in [0.05, 0.1) is 30.4 Å². The Hall–Kier alpha value is -1.65. The van der Waals surface area contributed by atoms with Crippen LogP contribution in [0.2, 0.25) is 0 Å². The van der Waals surface area contributed by atoms with Crippen molar-refractivity contribution < 1.29 is 9.84 Å². The lowest BCUT2D eigenvalue weighted by Gasteiger charge is -2.29. The molecule has 0 unspecified atom stereocenters. The van der Waals surface area contributed by atoms with Gasteiger partial charge >= 0.3 is 0 Å². The van der Waals surface area contributed by atoms with E-state index in [0.29, 0.717) is 5.92 Å². The van der Waals surface area contributed by atoms with Gasteiger partial charge in [0.2, 0.25) is 0 Å². The monoisotopic (exact) mass is 284 g/mol. The number of ether oxygens (including phenoxy) is 1. The van der Waals surface area contributed by atoms with Crippen LogP contribution in [0.25, 0.3) is 11.3 Å². The van der Waals surface area contributed by atoms with Crippen LogP contribution in [0.5, 0.6) is 0 Å². The Balaban J connectivity index is 1.60. The molecule has 4 heteroatoms. The Labute approximate surface area is 124 Å². The molecule has 2 atom stereocenters. The molecule has 3 heterocycles. The average Bonchev–Trinajstić information content (AvgIpc) is 3.11. The van der Waals surface area contributed by atoms with E-state index >= 15 is 0 Å². The number of aliphatic hydroxyl groups is 1. The van der Waals surface area contributed by atoms with Crippen molar-refractivity contribution in [1.82, 2.24) is 9.55 Å². The van der Waals surface area contributed by atoms with Gasteiger partial charge in [-0.1, -0.05) is 24.3 Å². The first-order valence-corrected chi connectivity index (χ1v) is 7.71. The van der Waals surface area contributed by atoms with Gasteiger partial charge in [-0.3, -0.25) is 0 Å². The van der Waals surface area contributed by atoms with Crippen LogP contribution < -0.4 is 0 Å². The molecule has 2 aliphatic rings. The lowest BCUT2D eigenvalue weighted by molar-refractivity contribution is 0.00151. The fraction of sp³-hybridized carbons (Fsp3) is 0.471. The highest BCUT2D eigenvalue weighted by Gasteiger charge is 2.32. The van der Waals surface area contributed by atoms with Crippen molar-refractivity contribution in [2.75, 3.05) is 13.2 Å². The van der Waals surface area contributed by atoms with Crippen LogP contribution in [-0.2, 0) is 4.74 Å². The van der Waals surface area contributed by atoms with Crippen molar-refractivity contribution >= 4 is 0 Å². The Morgan fingerprint density at radius 1 is 1.29 bits per heavy atom. The molecule has 0 amide bonds. The van der Waals surface area contributed by atoms with Crippen LogP contribution in [-0.4, -0.2) is 34.0 Å². The molecular formula is C17H20N2O2. The molecule has 110 valence electrons. The predicted molar refractivity (Wildman–Crippen MR) is 80.0 cm³/mol. The lowest BCUT2D eigenvalue weighted by atomic mass is 9.88. The quantitative estimate of drug-likeness (QED) is 0.942. The van der Waals surface area contributed by atoms with E-state index in [1.165, 1.54) is 11.1 Å². The minimum atomic E-state index is -0.277. The second kappa shape index (κ2) is 5.28. The Bertz CT molecular complexity index is 631. The molecule has 2 aromatic rings. The molecule has 0 bridgehead atoms. The summed E-state index contributed by atoms with van der Waals surface area (Å²) >= 11 is 0. The summed E-state index contributed by atoms with van der Waals surface area (Å²) in [7, 11) is 0. The standard InChI is InChI=1S/C17H20N2O2/c20-17(12-5-7-21-8-6-12)9-15-13-3-1-2-4-14(13)16-10-18-11-19(15)16/h1-4,10-12,15,17,20H,5-9H2/t15-,17-/m1/s1. The van der Waals surface area contributed by atoms with Crippen molar-refractivity contribution in [3.05, 3.63) is 42.4 Å². The molecule has 1 aromatic carbocycles. The summed E-state index contributed by atoms with van der Waals surface area (Å²) in [6.07, 6.45) is 6.21. The smallest absolute Gasteiger partial charge is 0.0956 e. The summed E-state index contributed by atoms with van der Waals surface area (Å²) < 4.78 is 7.60. The van der Waals surface area contributed by atoms with Crippen LogP contribution in [0.4, 0.5) is 0 Å². The van der Waals surface area contributed by atoms with Gasteiger partial charge in [0.15, 0.2) is 0 Å². The number of rotatable bonds is 3. The van der Waals surface area contributed by atoms with Crippen LogP contribution >= 0.6 is 0 Å². The van der Waals surface area contributed by atoms with Crippen molar-refractivity contribution in [3.63, 3.8) is 0 Å². The van der Waals surface area contributed by atoms with Crippen LogP contribution in [0, 0.1) is 5.92 Å². The van der Waals surface area contributed by atoms with E-state index in [9.17, 15) is 5.11 Å². The summed E-state index contributed by atoms with van der Waals surface area (Å²) in [5, 5.41) is 10.6. The lowest BCUT2D eigenvalue weighted by Crippen LogP contribution is -2.29. The predicted octanol–water partition coefficient (Wildman–Crippen LogP) is 2.63. The van der Waals surface area contributed by atoms with E-state index in [2.05, 4.69) is 33.8 Å². The number of fused-ring (bicyclic) bond motifs is 3. The van der Waals surface area contributed by atoms with Gasteiger partial charge in [-0.15, -0.1) is 0 Å². The van der Waals surface area contributed by atoms with Crippen LogP contribution in [0.1, 0.15) is 30.9 Å². The zero-order valence-corrected chi connectivity index (χ0v) is 12.0. The van der Waals surface area contributed by atoms with Gasteiger partial charge in [-0.05, 0) is 30.7 Å². The number of aliphatic hydroxyl groups excluding tert-OH is 1. The number of hydrogen-bond donors (Lipinski definition) is 1. The molecule has 0 saturated carbocycles. The molecular weight excluding hydrogens is 264 g/mol. The highest BCUT2D eigenvalue weighted by molar-refractivity contribution is 5.68. The molecule has 0 spiro atoms. The second-order valence-electron chi connectivity index (χ2n) is 6.04. The summed E-state index contributed by atoms with van der Waals surface area (Å²) in [4.78, 5) is 4.27. The van der Waals surface area contributed by atoms with E-state index in [0.717, 1.165) is 38.2 Å². The highest BCUT2D eigenvalue weighted by atomic mass is 16.5. The van der Waals surface area contributed by atoms with E-state index in [1.54, 1.807) is 0 Å². The van der Waals surface area contributed by atoms with Crippen LogP contribution in [0.15, 0.2) is 36.8 Å². The van der Waals surface area contributed by atoms with Gasteiger partial charge in [0, 0.05) is 18.8 Å². The maximum Gasteiger partial charge on any atom is 0.0956 e. The van der Waals surface area contributed by atoms with Gasteiger partial charge in [0.1, 0.15) is 0 Å². The third kappa shape index (κ3) is 2.19. The topological polar surface area (TPSA) is 47.3 Å². The maximum atomic E-state index is 10.6. The van der Waals surface area contributed by atoms with E-state index in [1.807, 2.05) is 12.5 Å². The first-order valence-electron chi connectivity index (χ1n) is 7.71. The third-order valence-electron chi connectivity index (χ3n) is 4.87. The van der Waals surface area contributed by atoms with E-state index < -0.39 is 0 Å². The Morgan fingerprint density at radius 3 is 2.95 bits per heavy atom. The minimum absolute atomic E-state index is 0.205. The first-order chi connectivity index (χ1) is 10.3. The number of imidazole rings is 1. The van der Waals surface area contributed by atoms with Gasteiger partial charge in [0.25, 0.3) is 0 Å². The van der Waals surface area contributed by atoms with Crippen molar-refractivity contribution in [1.29, 1.82) is 0 Å². The SMILES string of the molecule is O[C@H](C[C@@H]1c2ccccc2-c2cncn21)C1CCOCC1. The number of aromatic nitrogens is 2. The summed E-state index contributed by atoms with van der Waals surface area (Å²) in [5.74, 6) is 0.360. The fourth-order valence-corrected chi connectivity index (χ4v) is 3.69.